The molecular formula is C23H26N6O5S. The average Bonchev–Trinajstić information content (AvgIpc) is 3.61. The van der Waals surface area contributed by atoms with Crippen molar-refractivity contribution in [1.82, 2.24) is 25.5 Å². The Morgan fingerprint density at radius 2 is 1.71 bits per heavy atom. The van der Waals surface area contributed by atoms with Gasteiger partial charge in [-0.3, -0.25) is 0 Å². The van der Waals surface area contributed by atoms with E-state index in [1.54, 1.807) is 32.1 Å². The van der Waals surface area contributed by atoms with Gasteiger partial charge in [-0.05, 0) is 34.8 Å². The molecule has 0 radical (unpaired) electrons. The maximum Gasteiger partial charge on any atom is 0.182 e. The van der Waals surface area contributed by atoms with Gasteiger partial charge in [0, 0.05) is 29.4 Å². The zero-order valence-electron chi connectivity index (χ0n) is 19.5. The quantitative estimate of drug-likeness (QED) is 0.467. The van der Waals surface area contributed by atoms with E-state index in [0.717, 1.165) is 17.0 Å². The van der Waals surface area contributed by atoms with Crippen LogP contribution in [0.3, 0.4) is 0 Å². The van der Waals surface area contributed by atoms with E-state index in [9.17, 15) is 0 Å². The first kappa shape index (κ1) is 23.3. The summed E-state index contributed by atoms with van der Waals surface area (Å²) in [4.78, 5) is 0. The minimum Gasteiger partial charge on any atom is -0.497 e. The van der Waals surface area contributed by atoms with Gasteiger partial charge in [-0.2, -0.15) is 0 Å². The molecule has 2 saturated heterocycles. The maximum absolute atomic E-state index is 6.13. The largest absolute Gasteiger partial charge is 0.497 e. The van der Waals surface area contributed by atoms with E-state index in [0.29, 0.717) is 35.6 Å². The van der Waals surface area contributed by atoms with Crippen LogP contribution in [0.4, 0.5) is 5.69 Å². The minimum absolute atomic E-state index is 0.130. The Bertz CT molecular complexity index is 1180. The highest BCUT2D eigenvalue weighted by Crippen LogP contribution is 2.36. The maximum atomic E-state index is 6.13. The van der Waals surface area contributed by atoms with Gasteiger partial charge < -0.3 is 34.3 Å². The van der Waals surface area contributed by atoms with E-state index < -0.39 is 0 Å². The molecule has 35 heavy (non-hydrogen) atoms. The van der Waals surface area contributed by atoms with Gasteiger partial charge in [0.1, 0.15) is 35.5 Å². The van der Waals surface area contributed by atoms with E-state index >= 15 is 0 Å². The molecule has 184 valence electrons. The Kier molecular flexibility index (Phi) is 6.66. The van der Waals surface area contributed by atoms with Gasteiger partial charge in [0.15, 0.2) is 10.9 Å². The molecule has 0 bridgehead atoms. The number of tetrazole rings is 1. The second-order valence-corrected chi connectivity index (χ2v) is 8.56. The molecule has 4 atom stereocenters. The predicted octanol–water partition coefficient (Wildman–Crippen LogP) is 2.06. The molecule has 5 rings (SSSR count). The van der Waals surface area contributed by atoms with Crippen LogP contribution in [0.2, 0.25) is 0 Å². The van der Waals surface area contributed by atoms with Crippen LogP contribution in [-0.4, -0.2) is 78.1 Å². The third kappa shape index (κ3) is 4.72. The number of aromatic nitrogens is 4. The standard InChI is InChI=1S/C23H26N6O5S/c1-30-15-6-4-5-13(7-15)22-26-27-28-29(22)19-12-34-20-18(11-33-21(19)20)25-23(35)24-14-8-16(31-2)10-17(9-14)32-3/h4-10,18-21H,11-12H2,1-3H3,(H2,24,25,35). The van der Waals surface area contributed by atoms with Gasteiger partial charge in [0.25, 0.3) is 0 Å². The Balaban J connectivity index is 1.26. The van der Waals surface area contributed by atoms with Gasteiger partial charge >= 0.3 is 0 Å². The summed E-state index contributed by atoms with van der Waals surface area (Å²) in [6.45, 7) is 0.856. The van der Waals surface area contributed by atoms with Crippen molar-refractivity contribution in [2.75, 3.05) is 39.9 Å². The van der Waals surface area contributed by atoms with Crippen LogP contribution >= 0.6 is 12.2 Å². The molecule has 2 fully saturated rings. The lowest BCUT2D eigenvalue weighted by Gasteiger charge is -2.20. The molecule has 2 aliphatic heterocycles. The summed E-state index contributed by atoms with van der Waals surface area (Å²) in [5, 5.41) is 19.3. The molecule has 2 N–H and O–H groups in total. The lowest BCUT2D eigenvalue weighted by Crippen LogP contribution is -2.45. The Labute approximate surface area is 207 Å². The number of nitrogens with one attached hydrogen (secondary N) is 2. The van der Waals surface area contributed by atoms with Gasteiger partial charge in [-0.15, -0.1) is 5.10 Å². The van der Waals surface area contributed by atoms with Crippen LogP contribution in [0.15, 0.2) is 42.5 Å². The first-order valence-corrected chi connectivity index (χ1v) is 11.5. The zero-order valence-corrected chi connectivity index (χ0v) is 20.3. The summed E-state index contributed by atoms with van der Waals surface area (Å²) in [6, 6.07) is 12.8. The SMILES string of the molecule is COc1cc(NC(=S)NC2COC3C2OCC3n2nnnc2-c2cccc(OC)c2)cc(OC)c1. The van der Waals surface area contributed by atoms with Crippen LogP contribution in [-0.2, 0) is 9.47 Å². The fourth-order valence-corrected chi connectivity index (χ4v) is 4.67. The number of hydrogen-bond acceptors (Lipinski definition) is 9. The van der Waals surface area contributed by atoms with Crippen molar-refractivity contribution in [2.45, 2.75) is 24.3 Å². The number of hydrogen-bond donors (Lipinski definition) is 2. The van der Waals surface area contributed by atoms with E-state index in [4.69, 9.17) is 35.9 Å². The molecule has 4 unspecified atom stereocenters. The third-order valence-corrected chi connectivity index (χ3v) is 6.31. The summed E-state index contributed by atoms with van der Waals surface area (Å²) >= 11 is 5.54. The van der Waals surface area contributed by atoms with Crippen LogP contribution < -0.4 is 24.8 Å². The highest BCUT2D eigenvalue weighted by atomic mass is 32.1. The summed E-state index contributed by atoms with van der Waals surface area (Å²) in [7, 11) is 4.83. The first-order chi connectivity index (χ1) is 17.1. The fourth-order valence-electron chi connectivity index (χ4n) is 4.40. The van der Waals surface area contributed by atoms with Crippen molar-refractivity contribution in [3.63, 3.8) is 0 Å². The zero-order chi connectivity index (χ0) is 24.4. The Hall–Kier alpha value is -3.48. The Morgan fingerprint density at radius 3 is 2.46 bits per heavy atom. The normalized spacial score (nSPS) is 22.9. The van der Waals surface area contributed by atoms with E-state index in [-0.39, 0.29) is 24.3 Å². The number of benzene rings is 2. The van der Waals surface area contributed by atoms with Crippen molar-refractivity contribution in [2.24, 2.45) is 0 Å². The molecule has 0 amide bonds. The van der Waals surface area contributed by atoms with Crippen LogP contribution in [0, 0.1) is 0 Å². The van der Waals surface area contributed by atoms with Crippen molar-refractivity contribution >= 4 is 23.0 Å². The molecule has 2 aromatic carbocycles. The molecular weight excluding hydrogens is 472 g/mol. The van der Waals surface area contributed by atoms with E-state index in [1.807, 2.05) is 36.4 Å². The highest BCUT2D eigenvalue weighted by Gasteiger charge is 2.49. The number of thiocarbonyl (C=S) groups is 1. The molecule has 1 aromatic heterocycles. The van der Waals surface area contributed by atoms with Crippen LogP contribution in [0.5, 0.6) is 17.2 Å². The predicted molar refractivity (Wildman–Crippen MR) is 131 cm³/mol. The number of anilines is 1. The van der Waals surface area contributed by atoms with Gasteiger partial charge in [-0.1, -0.05) is 12.1 Å². The number of ether oxygens (including phenoxy) is 5. The first-order valence-electron chi connectivity index (χ1n) is 11.1. The lowest BCUT2D eigenvalue weighted by atomic mass is 10.1. The number of nitrogens with zero attached hydrogens (tertiary/aromatic N) is 4. The molecule has 0 saturated carbocycles. The molecule has 11 nitrogen and oxygen atoms in total. The average molecular weight is 499 g/mol. The monoisotopic (exact) mass is 498 g/mol. The van der Waals surface area contributed by atoms with Crippen molar-refractivity contribution < 1.29 is 23.7 Å². The van der Waals surface area contributed by atoms with Gasteiger partial charge in [-0.25, -0.2) is 4.68 Å². The van der Waals surface area contributed by atoms with Crippen molar-refractivity contribution in [1.29, 1.82) is 0 Å². The summed E-state index contributed by atoms with van der Waals surface area (Å²) < 4.78 is 30.0. The van der Waals surface area contributed by atoms with Crippen molar-refractivity contribution in [3.05, 3.63) is 42.5 Å². The molecule has 3 heterocycles. The number of fused-ring (bicyclic) bond motifs is 1. The molecule has 0 spiro atoms. The number of methoxy groups -OCH3 is 3. The summed E-state index contributed by atoms with van der Waals surface area (Å²) in [6.07, 6.45) is -0.429. The number of rotatable bonds is 7. The van der Waals surface area contributed by atoms with E-state index in [1.165, 1.54) is 0 Å². The molecule has 2 aliphatic rings. The lowest BCUT2D eigenvalue weighted by molar-refractivity contribution is 0.0626. The van der Waals surface area contributed by atoms with E-state index in [2.05, 4.69) is 26.2 Å². The molecule has 12 heteroatoms. The minimum atomic E-state index is -0.222. The smallest absolute Gasteiger partial charge is 0.182 e. The second kappa shape index (κ2) is 10.0. The van der Waals surface area contributed by atoms with Crippen molar-refractivity contribution in [3.8, 4) is 28.6 Å². The van der Waals surface area contributed by atoms with Crippen LogP contribution in [0.1, 0.15) is 6.04 Å². The molecule has 0 aliphatic carbocycles. The topological polar surface area (TPSA) is 114 Å². The second-order valence-electron chi connectivity index (χ2n) is 8.15. The summed E-state index contributed by atoms with van der Waals surface area (Å²) in [5.74, 6) is 2.68. The molecule has 3 aromatic rings. The Morgan fingerprint density at radius 1 is 0.971 bits per heavy atom. The third-order valence-electron chi connectivity index (χ3n) is 6.09. The van der Waals surface area contributed by atoms with Crippen LogP contribution in [0.25, 0.3) is 11.4 Å². The highest BCUT2D eigenvalue weighted by molar-refractivity contribution is 7.80. The van der Waals surface area contributed by atoms with Gasteiger partial charge in [0.2, 0.25) is 0 Å². The van der Waals surface area contributed by atoms with Gasteiger partial charge in [0.05, 0.1) is 40.6 Å². The fraction of sp³-hybridized carbons (Fsp3) is 0.391. The summed E-state index contributed by atoms with van der Waals surface area (Å²) in [5.41, 5.74) is 1.60.